The summed E-state index contributed by atoms with van der Waals surface area (Å²) in [5.41, 5.74) is 1.01. The molecule has 1 aliphatic carbocycles. The second-order valence-electron chi connectivity index (χ2n) is 4.88. The van der Waals surface area contributed by atoms with Crippen molar-refractivity contribution in [3.63, 3.8) is 0 Å². The number of pyridine rings is 1. The van der Waals surface area contributed by atoms with E-state index in [-0.39, 0.29) is 0 Å². The summed E-state index contributed by atoms with van der Waals surface area (Å²) < 4.78 is 5.99. The highest BCUT2D eigenvalue weighted by molar-refractivity contribution is 5.34. The van der Waals surface area contributed by atoms with Crippen LogP contribution in [0.1, 0.15) is 38.3 Å². The average Bonchev–Trinajstić information content (AvgIpc) is 2.38. The van der Waals surface area contributed by atoms with E-state index in [0.717, 1.165) is 11.5 Å². The van der Waals surface area contributed by atoms with E-state index in [1.807, 2.05) is 25.2 Å². The fourth-order valence-corrected chi connectivity index (χ4v) is 2.42. The summed E-state index contributed by atoms with van der Waals surface area (Å²) in [6.07, 6.45) is 5.58. The molecular formula is C14H22N2O. The molecule has 2 rings (SSSR count). The number of hydrogen-bond donors (Lipinski definition) is 1. The van der Waals surface area contributed by atoms with Crippen LogP contribution in [-0.2, 0) is 11.3 Å². The quantitative estimate of drug-likeness (QED) is 0.868. The van der Waals surface area contributed by atoms with E-state index in [1.165, 1.54) is 25.7 Å². The van der Waals surface area contributed by atoms with Crippen LogP contribution in [0.25, 0.3) is 0 Å². The zero-order valence-electron chi connectivity index (χ0n) is 10.8. The molecule has 2 unspecified atom stereocenters. The zero-order chi connectivity index (χ0) is 12.1. The molecule has 1 saturated carbocycles. The standard InChI is InChI=1S/C14H22N2O/c1-11-6-3-4-8-13(11)17-10-12-7-5-9-14(15-2)16-12/h5,7,9,11,13H,3-4,6,8,10H2,1-2H3,(H,15,16). The smallest absolute Gasteiger partial charge is 0.126 e. The van der Waals surface area contributed by atoms with Gasteiger partial charge in [0.15, 0.2) is 0 Å². The van der Waals surface area contributed by atoms with Crippen molar-refractivity contribution in [3.05, 3.63) is 23.9 Å². The molecule has 1 fully saturated rings. The van der Waals surface area contributed by atoms with E-state index < -0.39 is 0 Å². The second kappa shape index (κ2) is 6.01. The summed E-state index contributed by atoms with van der Waals surface area (Å²) in [6, 6.07) is 6.00. The summed E-state index contributed by atoms with van der Waals surface area (Å²) >= 11 is 0. The number of aromatic nitrogens is 1. The summed E-state index contributed by atoms with van der Waals surface area (Å²) in [5, 5.41) is 3.05. The highest BCUT2D eigenvalue weighted by Crippen LogP contribution is 2.26. The van der Waals surface area contributed by atoms with Crippen molar-refractivity contribution in [2.45, 2.75) is 45.3 Å². The Morgan fingerprint density at radius 3 is 2.94 bits per heavy atom. The summed E-state index contributed by atoms with van der Waals surface area (Å²) in [7, 11) is 1.89. The molecule has 1 aliphatic rings. The van der Waals surface area contributed by atoms with Gasteiger partial charge in [0.1, 0.15) is 5.82 Å². The van der Waals surface area contributed by atoms with E-state index in [2.05, 4.69) is 17.2 Å². The lowest BCUT2D eigenvalue weighted by Gasteiger charge is -2.28. The monoisotopic (exact) mass is 234 g/mol. The molecule has 0 saturated heterocycles. The third kappa shape index (κ3) is 3.43. The summed E-state index contributed by atoms with van der Waals surface area (Å²) in [4.78, 5) is 4.46. The van der Waals surface area contributed by atoms with Gasteiger partial charge in [-0.15, -0.1) is 0 Å². The zero-order valence-corrected chi connectivity index (χ0v) is 10.8. The minimum Gasteiger partial charge on any atom is -0.373 e. The molecule has 0 aromatic carbocycles. The Morgan fingerprint density at radius 1 is 1.35 bits per heavy atom. The molecule has 1 N–H and O–H groups in total. The van der Waals surface area contributed by atoms with Gasteiger partial charge in [-0.05, 0) is 30.9 Å². The molecule has 0 bridgehead atoms. The first kappa shape index (κ1) is 12.4. The largest absolute Gasteiger partial charge is 0.373 e. The van der Waals surface area contributed by atoms with Crippen LogP contribution in [0, 0.1) is 5.92 Å². The van der Waals surface area contributed by atoms with Crippen molar-refractivity contribution in [2.75, 3.05) is 12.4 Å². The van der Waals surface area contributed by atoms with Gasteiger partial charge in [0.25, 0.3) is 0 Å². The molecule has 0 spiro atoms. The Balaban J connectivity index is 1.88. The second-order valence-corrected chi connectivity index (χ2v) is 4.88. The highest BCUT2D eigenvalue weighted by Gasteiger charge is 2.21. The number of ether oxygens (including phenoxy) is 1. The molecule has 17 heavy (non-hydrogen) atoms. The maximum absolute atomic E-state index is 5.99. The number of rotatable bonds is 4. The van der Waals surface area contributed by atoms with Gasteiger partial charge in [0.05, 0.1) is 18.4 Å². The van der Waals surface area contributed by atoms with Crippen LogP contribution in [0.15, 0.2) is 18.2 Å². The molecule has 3 nitrogen and oxygen atoms in total. The minimum absolute atomic E-state index is 0.420. The van der Waals surface area contributed by atoms with Crippen molar-refractivity contribution in [1.82, 2.24) is 4.98 Å². The fourth-order valence-electron chi connectivity index (χ4n) is 2.42. The summed E-state index contributed by atoms with van der Waals surface area (Å²) in [6.45, 7) is 2.92. The Labute approximate surface area is 104 Å². The van der Waals surface area contributed by atoms with E-state index >= 15 is 0 Å². The van der Waals surface area contributed by atoms with Crippen LogP contribution in [0.3, 0.4) is 0 Å². The maximum atomic E-state index is 5.99. The highest BCUT2D eigenvalue weighted by atomic mass is 16.5. The van der Waals surface area contributed by atoms with Gasteiger partial charge in [0.2, 0.25) is 0 Å². The molecule has 0 aliphatic heterocycles. The number of nitrogens with zero attached hydrogens (tertiary/aromatic N) is 1. The van der Waals surface area contributed by atoms with E-state index in [4.69, 9.17) is 4.74 Å². The van der Waals surface area contributed by atoms with Crippen LogP contribution < -0.4 is 5.32 Å². The Hall–Kier alpha value is -1.09. The molecule has 0 amide bonds. The molecule has 2 atom stereocenters. The molecule has 1 aromatic rings. The van der Waals surface area contributed by atoms with Crippen LogP contribution in [0.4, 0.5) is 5.82 Å². The third-order valence-electron chi connectivity index (χ3n) is 3.54. The van der Waals surface area contributed by atoms with Gasteiger partial charge in [0, 0.05) is 7.05 Å². The van der Waals surface area contributed by atoms with Gasteiger partial charge in [-0.25, -0.2) is 4.98 Å². The topological polar surface area (TPSA) is 34.1 Å². The molecule has 94 valence electrons. The lowest BCUT2D eigenvalue weighted by molar-refractivity contribution is -0.0167. The summed E-state index contributed by atoms with van der Waals surface area (Å²) in [5.74, 6) is 1.60. The predicted molar refractivity (Wildman–Crippen MR) is 70.0 cm³/mol. The van der Waals surface area contributed by atoms with Crippen molar-refractivity contribution < 1.29 is 4.74 Å². The molecule has 1 aromatic heterocycles. The maximum Gasteiger partial charge on any atom is 0.126 e. The van der Waals surface area contributed by atoms with Gasteiger partial charge < -0.3 is 10.1 Å². The van der Waals surface area contributed by atoms with Gasteiger partial charge in [-0.3, -0.25) is 0 Å². The molecule has 1 heterocycles. The van der Waals surface area contributed by atoms with Crippen LogP contribution in [0.5, 0.6) is 0 Å². The van der Waals surface area contributed by atoms with E-state index in [1.54, 1.807) is 0 Å². The van der Waals surface area contributed by atoms with Crippen LogP contribution in [0.2, 0.25) is 0 Å². The van der Waals surface area contributed by atoms with Crippen molar-refractivity contribution in [3.8, 4) is 0 Å². The number of hydrogen-bond acceptors (Lipinski definition) is 3. The molecule has 0 radical (unpaired) electrons. The third-order valence-corrected chi connectivity index (χ3v) is 3.54. The first-order valence-electron chi connectivity index (χ1n) is 6.55. The van der Waals surface area contributed by atoms with Gasteiger partial charge >= 0.3 is 0 Å². The lowest BCUT2D eigenvalue weighted by Crippen LogP contribution is -2.25. The number of anilines is 1. The van der Waals surface area contributed by atoms with Crippen LogP contribution in [-0.4, -0.2) is 18.1 Å². The van der Waals surface area contributed by atoms with E-state index in [0.29, 0.717) is 18.6 Å². The Bertz CT molecular complexity index is 354. The van der Waals surface area contributed by atoms with Crippen LogP contribution >= 0.6 is 0 Å². The van der Waals surface area contributed by atoms with Gasteiger partial charge in [-0.1, -0.05) is 25.8 Å². The predicted octanol–water partition coefficient (Wildman–Crippen LogP) is 3.22. The Kier molecular flexibility index (Phi) is 4.37. The number of nitrogens with one attached hydrogen (secondary N) is 1. The van der Waals surface area contributed by atoms with Gasteiger partial charge in [-0.2, -0.15) is 0 Å². The fraction of sp³-hybridized carbons (Fsp3) is 0.643. The molecular weight excluding hydrogens is 212 g/mol. The minimum atomic E-state index is 0.420. The van der Waals surface area contributed by atoms with E-state index in [9.17, 15) is 0 Å². The first-order valence-corrected chi connectivity index (χ1v) is 6.55. The SMILES string of the molecule is CNc1cccc(COC2CCCCC2C)n1. The average molecular weight is 234 g/mol. The lowest BCUT2D eigenvalue weighted by atomic mass is 9.88. The Morgan fingerprint density at radius 2 is 2.18 bits per heavy atom. The van der Waals surface area contributed by atoms with Crippen molar-refractivity contribution in [2.24, 2.45) is 5.92 Å². The first-order chi connectivity index (χ1) is 8.29. The van der Waals surface area contributed by atoms with Crippen molar-refractivity contribution >= 4 is 5.82 Å². The molecule has 3 heteroatoms. The van der Waals surface area contributed by atoms with Crippen molar-refractivity contribution in [1.29, 1.82) is 0 Å². The normalized spacial score (nSPS) is 24.6.